The topological polar surface area (TPSA) is 24.9 Å². The number of halogens is 2. The van der Waals surface area contributed by atoms with Gasteiger partial charge < -0.3 is 5.32 Å². The Hall–Kier alpha value is -2.29. The zero-order valence-corrected chi connectivity index (χ0v) is 18.3. The molecule has 0 radical (unpaired) electrons. The third kappa shape index (κ3) is 5.85. The van der Waals surface area contributed by atoms with Gasteiger partial charge in [0.1, 0.15) is 0 Å². The Labute approximate surface area is 183 Å². The second-order valence-corrected chi connectivity index (χ2v) is 8.37. The molecule has 29 heavy (non-hydrogen) atoms. The summed E-state index contributed by atoms with van der Waals surface area (Å²) in [5.74, 6) is 0.515. The fourth-order valence-corrected chi connectivity index (χ4v) is 3.78. The van der Waals surface area contributed by atoms with Crippen LogP contribution in [0.3, 0.4) is 0 Å². The third-order valence-corrected chi connectivity index (χ3v) is 5.63. The molecule has 3 aromatic rings. The average Bonchev–Trinajstić information content (AvgIpc) is 2.72. The van der Waals surface area contributed by atoms with Gasteiger partial charge in [0.2, 0.25) is 0 Å². The van der Waals surface area contributed by atoms with Crippen LogP contribution in [-0.2, 0) is 6.42 Å². The third-order valence-electron chi connectivity index (χ3n) is 5.08. The Balaban J connectivity index is 1.64. The summed E-state index contributed by atoms with van der Waals surface area (Å²) >= 11 is 12.3. The second kappa shape index (κ2) is 9.96. The fourth-order valence-electron chi connectivity index (χ4n) is 3.26. The van der Waals surface area contributed by atoms with Crippen molar-refractivity contribution in [3.8, 4) is 11.1 Å². The summed E-state index contributed by atoms with van der Waals surface area (Å²) in [5, 5.41) is 4.93. The van der Waals surface area contributed by atoms with Crippen molar-refractivity contribution in [2.75, 3.05) is 5.32 Å². The van der Waals surface area contributed by atoms with Gasteiger partial charge in [0.25, 0.3) is 0 Å². The zero-order chi connectivity index (χ0) is 20.8. The van der Waals surface area contributed by atoms with Gasteiger partial charge in [-0.1, -0.05) is 74.0 Å². The van der Waals surface area contributed by atoms with Gasteiger partial charge >= 0.3 is 0 Å². The van der Waals surface area contributed by atoms with Crippen LogP contribution in [0, 0.1) is 5.92 Å². The molecule has 0 aliphatic heterocycles. The Morgan fingerprint density at radius 1 is 1.03 bits per heavy atom. The predicted octanol–water partition coefficient (Wildman–Crippen LogP) is 7.77. The first kappa shape index (κ1) is 21.4. The van der Waals surface area contributed by atoms with Crippen LogP contribution in [0.1, 0.15) is 31.5 Å². The molecule has 0 fully saturated rings. The average molecular weight is 425 g/mol. The standard InChI is InChI=1S/C25H26Cl2N2/c1-4-18-5-9-22(10-6-18)29-25(17(2)3)14-12-21-11-7-19(16-28-21)23-13-8-20(26)15-24(23)27/h4-11,13,15-17,25,29H,1,12,14H2,2-3H3. The molecular weight excluding hydrogens is 399 g/mol. The van der Waals surface area contributed by atoms with Gasteiger partial charge in [-0.15, -0.1) is 0 Å². The summed E-state index contributed by atoms with van der Waals surface area (Å²) in [6.45, 7) is 8.30. The number of benzene rings is 2. The maximum atomic E-state index is 6.31. The molecule has 2 nitrogen and oxygen atoms in total. The van der Waals surface area contributed by atoms with E-state index < -0.39 is 0 Å². The fraction of sp³-hybridized carbons (Fsp3) is 0.240. The molecule has 4 heteroatoms. The summed E-state index contributed by atoms with van der Waals surface area (Å²) in [5.41, 5.74) is 5.28. The van der Waals surface area contributed by atoms with E-state index in [2.05, 4.69) is 67.1 Å². The van der Waals surface area contributed by atoms with Crippen LogP contribution in [0.4, 0.5) is 5.69 Å². The van der Waals surface area contributed by atoms with Crippen molar-refractivity contribution in [3.05, 3.63) is 88.7 Å². The molecule has 1 N–H and O–H groups in total. The highest BCUT2D eigenvalue weighted by Crippen LogP contribution is 2.30. The smallest absolute Gasteiger partial charge is 0.0499 e. The van der Waals surface area contributed by atoms with Gasteiger partial charge in [0.15, 0.2) is 0 Å². The molecule has 0 bridgehead atoms. The Morgan fingerprint density at radius 2 is 1.79 bits per heavy atom. The van der Waals surface area contributed by atoms with E-state index in [1.54, 1.807) is 6.07 Å². The number of nitrogens with one attached hydrogen (secondary N) is 1. The van der Waals surface area contributed by atoms with E-state index in [0.717, 1.165) is 40.9 Å². The number of rotatable bonds is 8. The molecule has 0 saturated carbocycles. The maximum Gasteiger partial charge on any atom is 0.0499 e. The molecule has 1 unspecified atom stereocenters. The number of aromatic nitrogens is 1. The summed E-state index contributed by atoms with van der Waals surface area (Å²) in [6, 6.07) is 18.4. The molecule has 1 atom stereocenters. The molecule has 0 saturated heterocycles. The highest BCUT2D eigenvalue weighted by molar-refractivity contribution is 6.36. The van der Waals surface area contributed by atoms with Gasteiger partial charge in [-0.3, -0.25) is 4.98 Å². The first-order valence-corrected chi connectivity index (χ1v) is 10.6. The normalized spacial score (nSPS) is 12.0. The molecular formula is C25H26Cl2N2. The quantitative estimate of drug-likeness (QED) is 0.399. The van der Waals surface area contributed by atoms with Gasteiger partial charge in [-0.25, -0.2) is 0 Å². The lowest BCUT2D eigenvalue weighted by Gasteiger charge is -2.23. The molecule has 0 spiro atoms. The van der Waals surface area contributed by atoms with Gasteiger partial charge in [0.05, 0.1) is 0 Å². The number of hydrogen-bond donors (Lipinski definition) is 1. The minimum absolute atomic E-state index is 0.372. The Bertz CT molecular complexity index is 948. The molecule has 0 aliphatic rings. The number of nitrogens with zero attached hydrogens (tertiary/aromatic N) is 1. The zero-order valence-electron chi connectivity index (χ0n) is 16.8. The number of hydrogen-bond acceptors (Lipinski definition) is 2. The van der Waals surface area contributed by atoms with E-state index >= 15 is 0 Å². The molecule has 0 aliphatic carbocycles. The Kier molecular flexibility index (Phi) is 7.35. The van der Waals surface area contributed by atoms with E-state index in [1.807, 2.05) is 24.4 Å². The highest BCUT2D eigenvalue weighted by Gasteiger charge is 2.14. The predicted molar refractivity (Wildman–Crippen MR) is 127 cm³/mol. The molecule has 150 valence electrons. The van der Waals surface area contributed by atoms with Crippen LogP contribution in [0.2, 0.25) is 10.0 Å². The Morgan fingerprint density at radius 3 is 2.38 bits per heavy atom. The summed E-state index contributed by atoms with van der Waals surface area (Å²) in [4.78, 5) is 4.65. The summed E-state index contributed by atoms with van der Waals surface area (Å²) in [6.07, 6.45) is 5.66. The van der Waals surface area contributed by atoms with Crippen LogP contribution >= 0.6 is 23.2 Å². The van der Waals surface area contributed by atoms with Crippen molar-refractivity contribution < 1.29 is 0 Å². The van der Waals surface area contributed by atoms with Crippen LogP contribution < -0.4 is 5.32 Å². The molecule has 3 rings (SSSR count). The van der Waals surface area contributed by atoms with E-state index in [-0.39, 0.29) is 0 Å². The van der Waals surface area contributed by atoms with E-state index in [1.165, 1.54) is 0 Å². The van der Waals surface area contributed by atoms with Crippen LogP contribution in [-0.4, -0.2) is 11.0 Å². The van der Waals surface area contributed by atoms with E-state index in [4.69, 9.17) is 23.2 Å². The number of anilines is 1. The van der Waals surface area contributed by atoms with Crippen molar-refractivity contribution >= 4 is 35.0 Å². The SMILES string of the molecule is C=Cc1ccc(NC(CCc2ccc(-c3ccc(Cl)cc3Cl)cn2)C(C)C)cc1. The van der Waals surface area contributed by atoms with Gasteiger partial charge in [-0.2, -0.15) is 0 Å². The molecule has 2 aromatic carbocycles. The largest absolute Gasteiger partial charge is 0.382 e. The van der Waals surface area contributed by atoms with E-state index in [0.29, 0.717) is 22.0 Å². The van der Waals surface area contributed by atoms with Crippen LogP contribution in [0.5, 0.6) is 0 Å². The minimum Gasteiger partial charge on any atom is -0.382 e. The number of pyridine rings is 1. The summed E-state index contributed by atoms with van der Waals surface area (Å²) in [7, 11) is 0. The van der Waals surface area contributed by atoms with Crippen molar-refractivity contribution in [3.63, 3.8) is 0 Å². The lowest BCUT2D eigenvalue weighted by Crippen LogP contribution is -2.26. The van der Waals surface area contributed by atoms with Crippen LogP contribution in [0.15, 0.2) is 67.4 Å². The van der Waals surface area contributed by atoms with Gasteiger partial charge in [-0.05, 0) is 54.7 Å². The van der Waals surface area contributed by atoms with E-state index in [9.17, 15) is 0 Å². The van der Waals surface area contributed by atoms with Crippen molar-refractivity contribution in [1.29, 1.82) is 0 Å². The first-order chi connectivity index (χ1) is 14.0. The molecule has 1 heterocycles. The van der Waals surface area contributed by atoms with Crippen molar-refractivity contribution in [2.45, 2.75) is 32.7 Å². The number of aryl methyl sites for hydroxylation is 1. The van der Waals surface area contributed by atoms with Crippen molar-refractivity contribution in [1.82, 2.24) is 4.98 Å². The monoisotopic (exact) mass is 424 g/mol. The van der Waals surface area contributed by atoms with Crippen molar-refractivity contribution in [2.24, 2.45) is 5.92 Å². The molecule has 1 aromatic heterocycles. The molecule has 0 amide bonds. The van der Waals surface area contributed by atoms with Gasteiger partial charge in [0, 0.05) is 44.8 Å². The lowest BCUT2D eigenvalue weighted by molar-refractivity contribution is 0.492. The summed E-state index contributed by atoms with van der Waals surface area (Å²) < 4.78 is 0. The second-order valence-electron chi connectivity index (χ2n) is 7.52. The maximum absolute atomic E-state index is 6.31. The first-order valence-electron chi connectivity index (χ1n) is 9.85. The highest BCUT2D eigenvalue weighted by atomic mass is 35.5. The lowest BCUT2D eigenvalue weighted by atomic mass is 9.97. The van der Waals surface area contributed by atoms with Crippen LogP contribution in [0.25, 0.3) is 17.2 Å². The minimum atomic E-state index is 0.372.